The Bertz CT molecular complexity index is 863. The number of nitrogens with one attached hydrogen (secondary N) is 2. The Hall–Kier alpha value is -2.09. The highest BCUT2D eigenvalue weighted by Crippen LogP contribution is 2.21. The van der Waals surface area contributed by atoms with Crippen molar-refractivity contribution in [2.24, 2.45) is 0 Å². The van der Waals surface area contributed by atoms with Gasteiger partial charge in [0.05, 0.1) is 0 Å². The number of nitrogens with zero attached hydrogens (tertiary/aromatic N) is 3. The Morgan fingerprint density at radius 3 is 2.72 bits per heavy atom. The van der Waals surface area contributed by atoms with E-state index >= 15 is 0 Å². The third-order valence-corrected chi connectivity index (χ3v) is 4.87. The minimum atomic E-state index is 0.474. The van der Waals surface area contributed by atoms with E-state index in [9.17, 15) is 0 Å². The van der Waals surface area contributed by atoms with Gasteiger partial charge in [-0.15, -0.1) is 10.2 Å². The van der Waals surface area contributed by atoms with Crippen LogP contribution in [0.25, 0.3) is 0 Å². The molecular formula is C17H16ClN5S2. The summed E-state index contributed by atoms with van der Waals surface area (Å²) in [4.78, 5) is 0. The van der Waals surface area contributed by atoms with E-state index in [1.807, 2.05) is 55.5 Å². The molecule has 8 heteroatoms. The fraction of sp³-hybridized carbons (Fsp3) is 0.118. The Balaban J connectivity index is 1.60. The molecule has 3 aromatic rings. The van der Waals surface area contributed by atoms with Crippen molar-refractivity contribution < 1.29 is 0 Å². The van der Waals surface area contributed by atoms with Crippen LogP contribution in [0.15, 0.2) is 60.0 Å². The SMILES string of the molecule is Cc1ccccc1NC(=S)Nn1cnnc1SCc1ccc(Cl)cc1. The summed E-state index contributed by atoms with van der Waals surface area (Å²) in [6, 6.07) is 15.7. The Morgan fingerprint density at radius 2 is 1.96 bits per heavy atom. The number of thioether (sulfide) groups is 1. The van der Waals surface area contributed by atoms with Crippen LogP contribution in [0.2, 0.25) is 5.02 Å². The van der Waals surface area contributed by atoms with Crippen LogP contribution in [-0.4, -0.2) is 20.0 Å². The normalized spacial score (nSPS) is 10.5. The van der Waals surface area contributed by atoms with Crippen LogP contribution < -0.4 is 10.7 Å². The van der Waals surface area contributed by atoms with E-state index < -0.39 is 0 Å². The number of aromatic nitrogens is 3. The van der Waals surface area contributed by atoms with Gasteiger partial charge in [0.1, 0.15) is 6.33 Å². The topological polar surface area (TPSA) is 54.8 Å². The van der Waals surface area contributed by atoms with Gasteiger partial charge in [-0.1, -0.05) is 53.7 Å². The fourth-order valence-electron chi connectivity index (χ4n) is 2.10. The highest BCUT2D eigenvalue weighted by molar-refractivity contribution is 7.98. The Labute approximate surface area is 160 Å². The zero-order chi connectivity index (χ0) is 17.6. The van der Waals surface area contributed by atoms with Gasteiger partial charge >= 0.3 is 0 Å². The molecule has 0 bridgehead atoms. The first-order chi connectivity index (χ1) is 12.1. The van der Waals surface area contributed by atoms with E-state index in [2.05, 4.69) is 20.9 Å². The highest BCUT2D eigenvalue weighted by Gasteiger charge is 2.08. The van der Waals surface area contributed by atoms with E-state index in [0.29, 0.717) is 5.11 Å². The molecule has 2 aromatic carbocycles. The molecule has 1 aromatic heterocycles. The number of hydrogen-bond donors (Lipinski definition) is 2. The van der Waals surface area contributed by atoms with Gasteiger partial charge in [0, 0.05) is 16.5 Å². The molecule has 0 aliphatic carbocycles. The van der Waals surface area contributed by atoms with E-state index in [1.54, 1.807) is 22.8 Å². The lowest BCUT2D eigenvalue weighted by Crippen LogP contribution is -2.27. The molecule has 0 unspecified atom stereocenters. The second-order valence-electron chi connectivity index (χ2n) is 5.28. The predicted molar refractivity (Wildman–Crippen MR) is 108 cm³/mol. The number of benzene rings is 2. The molecule has 25 heavy (non-hydrogen) atoms. The van der Waals surface area contributed by atoms with E-state index in [4.69, 9.17) is 23.8 Å². The van der Waals surface area contributed by atoms with E-state index in [0.717, 1.165) is 32.7 Å². The highest BCUT2D eigenvalue weighted by atomic mass is 35.5. The number of para-hydroxylation sites is 1. The third kappa shape index (κ3) is 4.94. The molecule has 0 aliphatic heterocycles. The molecule has 0 spiro atoms. The van der Waals surface area contributed by atoms with Crippen molar-refractivity contribution in [1.82, 2.24) is 14.9 Å². The molecule has 0 amide bonds. The minimum Gasteiger partial charge on any atom is -0.331 e. The second-order valence-corrected chi connectivity index (χ2v) is 7.07. The van der Waals surface area contributed by atoms with Crippen molar-refractivity contribution in [1.29, 1.82) is 0 Å². The van der Waals surface area contributed by atoms with Crippen molar-refractivity contribution in [2.45, 2.75) is 17.8 Å². The molecule has 0 atom stereocenters. The Kier molecular flexibility index (Phi) is 5.91. The maximum absolute atomic E-state index is 5.91. The van der Waals surface area contributed by atoms with Crippen molar-refractivity contribution >= 4 is 46.4 Å². The smallest absolute Gasteiger partial charge is 0.210 e. The van der Waals surface area contributed by atoms with Gasteiger partial charge in [-0.3, -0.25) is 5.43 Å². The monoisotopic (exact) mass is 389 g/mol. The first kappa shape index (κ1) is 17.7. The summed E-state index contributed by atoms with van der Waals surface area (Å²) in [6.45, 7) is 2.02. The number of anilines is 1. The number of thiocarbonyl (C=S) groups is 1. The van der Waals surface area contributed by atoms with E-state index in [-0.39, 0.29) is 0 Å². The molecule has 0 saturated heterocycles. The minimum absolute atomic E-state index is 0.474. The third-order valence-electron chi connectivity index (χ3n) is 3.41. The average molecular weight is 390 g/mol. The number of halogens is 1. The van der Waals surface area contributed by atoms with Gasteiger partial charge in [0.15, 0.2) is 5.11 Å². The zero-order valence-corrected chi connectivity index (χ0v) is 15.8. The van der Waals surface area contributed by atoms with Crippen LogP contribution >= 0.6 is 35.6 Å². The second kappa shape index (κ2) is 8.33. The average Bonchev–Trinajstić information content (AvgIpc) is 3.03. The quantitative estimate of drug-likeness (QED) is 0.496. The lowest BCUT2D eigenvalue weighted by atomic mass is 10.2. The number of hydrogen-bond acceptors (Lipinski definition) is 4. The van der Waals surface area contributed by atoms with Crippen molar-refractivity contribution in [3.63, 3.8) is 0 Å². The molecule has 5 nitrogen and oxygen atoms in total. The first-order valence-electron chi connectivity index (χ1n) is 7.53. The molecule has 0 radical (unpaired) electrons. The maximum atomic E-state index is 5.91. The van der Waals surface area contributed by atoms with Gasteiger partial charge in [0.2, 0.25) is 5.16 Å². The molecule has 2 N–H and O–H groups in total. The van der Waals surface area contributed by atoms with Crippen molar-refractivity contribution in [3.8, 4) is 0 Å². The summed E-state index contributed by atoms with van der Waals surface area (Å²) < 4.78 is 1.70. The summed E-state index contributed by atoms with van der Waals surface area (Å²) >= 11 is 12.8. The van der Waals surface area contributed by atoms with Gasteiger partial charge in [0.25, 0.3) is 0 Å². The molecule has 0 fully saturated rings. The molecule has 0 saturated carbocycles. The van der Waals surface area contributed by atoms with Crippen LogP contribution in [0.5, 0.6) is 0 Å². The standard InChI is InChI=1S/C17H16ClN5S2/c1-12-4-2-3-5-15(12)20-16(24)22-23-11-19-21-17(23)25-10-13-6-8-14(18)9-7-13/h2-9,11H,10H2,1H3,(H2,20,22,24). The predicted octanol–water partition coefficient (Wildman–Crippen LogP) is 4.47. The molecule has 128 valence electrons. The first-order valence-corrected chi connectivity index (χ1v) is 9.30. The molecular weight excluding hydrogens is 374 g/mol. The van der Waals surface area contributed by atoms with Crippen LogP contribution in [0.1, 0.15) is 11.1 Å². The van der Waals surface area contributed by atoms with Crippen LogP contribution in [0.3, 0.4) is 0 Å². The Morgan fingerprint density at radius 1 is 1.20 bits per heavy atom. The summed E-state index contributed by atoms with van der Waals surface area (Å²) in [5, 5.41) is 13.2. The summed E-state index contributed by atoms with van der Waals surface area (Å²) in [5.74, 6) is 0.759. The van der Waals surface area contributed by atoms with Crippen LogP contribution in [0, 0.1) is 6.92 Å². The zero-order valence-electron chi connectivity index (χ0n) is 13.4. The van der Waals surface area contributed by atoms with Gasteiger partial charge in [-0.2, -0.15) is 0 Å². The molecule has 1 heterocycles. The number of rotatable bonds is 5. The lowest BCUT2D eigenvalue weighted by Gasteiger charge is -2.13. The molecule has 3 rings (SSSR count). The fourth-order valence-corrected chi connectivity index (χ4v) is 3.26. The van der Waals surface area contributed by atoms with Crippen molar-refractivity contribution in [3.05, 3.63) is 71.0 Å². The lowest BCUT2D eigenvalue weighted by molar-refractivity contribution is 0.833. The van der Waals surface area contributed by atoms with Crippen molar-refractivity contribution in [2.75, 3.05) is 10.7 Å². The largest absolute Gasteiger partial charge is 0.331 e. The van der Waals surface area contributed by atoms with Gasteiger partial charge < -0.3 is 5.32 Å². The van der Waals surface area contributed by atoms with Gasteiger partial charge in [-0.25, -0.2) is 4.68 Å². The van der Waals surface area contributed by atoms with E-state index in [1.165, 1.54) is 0 Å². The van der Waals surface area contributed by atoms with Crippen LogP contribution in [0.4, 0.5) is 5.69 Å². The molecule has 0 aliphatic rings. The summed E-state index contributed by atoms with van der Waals surface area (Å²) in [5.41, 5.74) is 6.32. The maximum Gasteiger partial charge on any atom is 0.210 e. The summed E-state index contributed by atoms with van der Waals surface area (Å²) in [6.07, 6.45) is 1.59. The van der Waals surface area contributed by atoms with Gasteiger partial charge in [-0.05, 0) is 48.5 Å². The number of aryl methyl sites for hydroxylation is 1. The van der Waals surface area contributed by atoms with Crippen LogP contribution in [-0.2, 0) is 5.75 Å². The summed E-state index contributed by atoms with van der Waals surface area (Å²) in [7, 11) is 0.